The highest BCUT2D eigenvalue weighted by atomic mass is 19.3. The van der Waals surface area contributed by atoms with Gasteiger partial charge in [0.25, 0.3) is 5.92 Å². The van der Waals surface area contributed by atoms with E-state index in [0.29, 0.717) is 6.92 Å². The van der Waals surface area contributed by atoms with Gasteiger partial charge in [-0.2, -0.15) is 0 Å². The number of carbonyl (C=O) groups excluding carboxylic acids is 2. The first kappa shape index (κ1) is 23.4. The molecule has 2 aromatic rings. The molecule has 0 radical (unpaired) electrons. The molecule has 0 unspecified atom stereocenters. The van der Waals surface area contributed by atoms with Crippen molar-refractivity contribution >= 4 is 28.5 Å². The molecule has 0 saturated heterocycles. The van der Waals surface area contributed by atoms with Gasteiger partial charge < -0.3 is 25.3 Å². The molecule has 0 saturated carbocycles. The second kappa shape index (κ2) is 8.88. The zero-order valence-corrected chi connectivity index (χ0v) is 16.8. The van der Waals surface area contributed by atoms with Crippen molar-refractivity contribution in [1.82, 2.24) is 5.32 Å². The molecular formula is C20H24F2N2O6. The molecule has 0 aliphatic rings. The average Bonchev–Trinajstić information content (AvgIpc) is 2.65. The van der Waals surface area contributed by atoms with Crippen molar-refractivity contribution in [2.75, 3.05) is 18.5 Å². The zero-order valence-electron chi connectivity index (χ0n) is 16.8. The standard InChI is InChI=1S/C20H24F2N2O6/c1-19(2,10-25)17(28)18(29)23-7-6-15(26)24-11-4-5-12-13(20(3,21)22)9-16(27)30-14(12)8-11/h4-5,8-9,17,25,28H,6-7,10H2,1-3H3,(H,23,29)(H,24,26)/t17-/m0/s1. The van der Waals surface area contributed by atoms with E-state index in [2.05, 4.69) is 10.6 Å². The van der Waals surface area contributed by atoms with Crippen LogP contribution in [0.4, 0.5) is 14.5 Å². The van der Waals surface area contributed by atoms with Crippen molar-refractivity contribution in [2.45, 2.75) is 39.2 Å². The highest BCUT2D eigenvalue weighted by Gasteiger charge is 2.32. The number of alkyl halides is 2. The molecule has 164 valence electrons. The minimum Gasteiger partial charge on any atom is -0.423 e. The lowest BCUT2D eigenvalue weighted by atomic mass is 9.87. The number of nitrogens with one attached hydrogen (secondary N) is 2. The Hall–Kier alpha value is -2.85. The number of hydrogen-bond acceptors (Lipinski definition) is 6. The van der Waals surface area contributed by atoms with Crippen molar-refractivity contribution in [3.05, 3.63) is 40.2 Å². The quantitative estimate of drug-likeness (QED) is 0.476. The summed E-state index contributed by atoms with van der Waals surface area (Å²) in [5, 5.41) is 24.0. The fraction of sp³-hybridized carbons (Fsp3) is 0.450. The number of anilines is 1. The van der Waals surface area contributed by atoms with Crippen LogP contribution >= 0.6 is 0 Å². The van der Waals surface area contributed by atoms with E-state index in [1.54, 1.807) is 0 Å². The number of aliphatic hydroxyl groups is 2. The molecular weight excluding hydrogens is 402 g/mol. The van der Waals surface area contributed by atoms with Crippen molar-refractivity contribution < 1.29 is 33.0 Å². The lowest BCUT2D eigenvalue weighted by Gasteiger charge is -2.27. The molecule has 8 nitrogen and oxygen atoms in total. The number of halogens is 2. The Morgan fingerprint density at radius 3 is 2.47 bits per heavy atom. The normalized spacial score (nSPS) is 13.2. The molecule has 2 rings (SSSR count). The minimum atomic E-state index is -3.24. The van der Waals surface area contributed by atoms with Crippen LogP contribution in [0.25, 0.3) is 11.0 Å². The van der Waals surface area contributed by atoms with Gasteiger partial charge in [0.2, 0.25) is 11.8 Å². The van der Waals surface area contributed by atoms with Crippen LogP contribution in [0.3, 0.4) is 0 Å². The number of aliphatic hydroxyl groups excluding tert-OH is 2. The third-order valence-corrected chi connectivity index (χ3v) is 4.55. The SMILES string of the molecule is CC(F)(F)c1cc(=O)oc2cc(NC(=O)CCNC(=O)[C@H](O)C(C)(C)CO)ccc12. The zero-order chi connectivity index (χ0) is 22.7. The highest BCUT2D eigenvalue weighted by Crippen LogP contribution is 2.32. The second-order valence-electron chi connectivity index (χ2n) is 7.72. The summed E-state index contributed by atoms with van der Waals surface area (Å²) < 4.78 is 32.4. The molecule has 2 amide bonds. The van der Waals surface area contributed by atoms with Gasteiger partial charge in [-0.05, 0) is 12.1 Å². The number of amides is 2. The fourth-order valence-electron chi connectivity index (χ4n) is 2.66. The Labute approximate surface area is 170 Å². The number of hydrogen-bond donors (Lipinski definition) is 4. The van der Waals surface area contributed by atoms with E-state index in [9.17, 15) is 33.4 Å². The number of rotatable bonds is 8. The Balaban J connectivity index is 2.02. The van der Waals surface area contributed by atoms with Crippen LogP contribution in [0.5, 0.6) is 0 Å². The molecule has 1 aromatic heterocycles. The third-order valence-electron chi connectivity index (χ3n) is 4.55. The number of fused-ring (bicyclic) bond motifs is 1. The summed E-state index contributed by atoms with van der Waals surface area (Å²) in [6.45, 7) is 3.23. The number of benzene rings is 1. The van der Waals surface area contributed by atoms with Crippen LogP contribution in [0.1, 0.15) is 32.8 Å². The van der Waals surface area contributed by atoms with E-state index in [1.165, 1.54) is 32.0 Å². The Morgan fingerprint density at radius 2 is 1.87 bits per heavy atom. The fourth-order valence-corrected chi connectivity index (χ4v) is 2.66. The van der Waals surface area contributed by atoms with Crippen LogP contribution in [0.2, 0.25) is 0 Å². The first-order chi connectivity index (χ1) is 13.8. The molecule has 0 spiro atoms. The van der Waals surface area contributed by atoms with Crippen molar-refractivity contribution in [3.63, 3.8) is 0 Å². The van der Waals surface area contributed by atoms with E-state index in [-0.39, 0.29) is 29.6 Å². The smallest absolute Gasteiger partial charge is 0.336 e. The maximum absolute atomic E-state index is 13.7. The Kier molecular flexibility index (Phi) is 6.94. The third kappa shape index (κ3) is 5.61. The van der Waals surface area contributed by atoms with Crippen molar-refractivity contribution in [3.8, 4) is 0 Å². The molecule has 0 fully saturated rings. The van der Waals surface area contributed by atoms with Crippen LogP contribution in [-0.2, 0) is 15.5 Å². The van der Waals surface area contributed by atoms with E-state index in [0.717, 1.165) is 6.07 Å². The molecule has 0 aliphatic carbocycles. The minimum absolute atomic E-state index is 0.0489. The molecule has 0 bridgehead atoms. The summed E-state index contributed by atoms with van der Waals surface area (Å²) in [6.07, 6.45) is -1.58. The molecule has 1 heterocycles. The molecule has 1 aromatic carbocycles. The Morgan fingerprint density at radius 1 is 1.20 bits per heavy atom. The summed E-state index contributed by atoms with van der Waals surface area (Å²) in [7, 11) is 0. The lowest BCUT2D eigenvalue weighted by Crippen LogP contribution is -2.46. The van der Waals surface area contributed by atoms with E-state index in [4.69, 9.17) is 4.42 Å². The van der Waals surface area contributed by atoms with Crippen molar-refractivity contribution in [1.29, 1.82) is 0 Å². The van der Waals surface area contributed by atoms with Gasteiger partial charge in [-0.15, -0.1) is 0 Å². The van der Waals surface area contributed by atoms with Crippen molar-refractivity contribution in [2.24, 2.45) is 5.41 Å². The summed E-state index contributed by atoms with van der Waals surface area (Å²) >= 11 is 0. The van der Waals surface area contributed by atoms with Gasteiger partial charge in [0, 0.05) is 54.1 Å². The van der Waals surface area contributed by atoms with E-state index >= 15 is 0 Å². The summed E-state index contributed by atoms with van der Waals surface area (Å²) in [5.74, 6) is -4.46. The van der Waals surface area contributed by atoms with Gasteiger partial charge in [-0.1, -0.05) is 13.8 Å². The summed E-state index contributed by atoms with van der Waals surface area (Å²) in [4.78, 5) is 35.5. The maximum atomic E-state index is 13.7. The predicted molar refractivity (Wildman–Crippen MR) is 105 cm³/mol. The molecule has 10 heteroatoms. The van der Waals surface area contributed by atoms with Crippen LogP contribution < -0.4 is 16.3 Å². The van der Waals surface area contributed by atoms with E-state index < -0.39 is 47.1 Å². The largest absolute Gasteiger partial charge is 0.423 e. The van der Waals surface area contributed by atoms with Gasteiger partial charge in [0.15, 0.2) is 0 Å². The Bertz CT molecular complexity index is 997. The highest BCUT2D eigenvalue weighted by molar-refractivity contribution is 5.94. The van der Waals surface area contributed by atoms with Gasteiger partial charge >= 0.3 is 5.63 Å². The average molecular weight is 426 g/mol. The van der Waals surface area contributed by atoms with Gasteiger partial charge in [0.1, 0.15) is 11.7 Å². The molecule has 1 atom stereocenters. The van der Waals surface area contributed by atoms with Gasteiger partial charge in [0.05, 0.1) is 6.61 Å². The van der Waals surface area contributed by atoms with Crippen LogP contribution in [0.15, 0.2) is 33.5 Å². The first-order valence-corrected chi connectivity index (χ1v) is 9.18. The number of carbonyl (C=O) groups is 2. The molecule has 4 N–H and O–H groups in total. The van der Waals surface area contributed by atoms with Crippen LogP contribution in [-0.4, -0.2) is 41.3 Å². The van der Waals surface area contributed by atoms with E-state index in [1.807, 2.05) is 0 Å². The monoisotopic (exact) mass is 426 g/mol. The predicted octanol–water partition coefficient (Wildman–Crippen LogP) is 1.73. The maximum Gasteiger partial charge on any atom is 0.336 e. The summed E-state index contributed by atoms with van der Waals surface area (Å²) in [5.41, 5.74) is -2.32. The molecule has 30 heavy (non-hydrogen) atoms. The molecule has 0 aliphatic heterocycles. The topological polar surface area (TPSA) is 129 Å². The van der Waals surface area contributed by atoms with Gasteiger partial charge in [-0.3, -0.25) is 9.59 Å². The lowest BCUT2D eigenvalue weighted by molar-refractivity contribution is -0.137. The van der Waals surface area contributed by atoms with Gasteiger partial charge in [-0.25, -0.2) is 13.6 Å². The summed E-state index contributed by atoms with van der Waals surface area (Å²) in [6, 6.07) is 4.70. The van der Waals surface area contributed by atoms with Crippen LogP contribution in [0, 0.1) is 5.41 Å². The second-order valence-corrected chi connectivity index (χ2v) is 7.72. The first-order valence-electron chi connectivity index (χ1n) is 9.18.